The Balaban J connectivity index is 1.89. The molecule has 120 valence electrons. The Morgan fingerprint density at radius 1 is 1.21 bits per heavy atom. The molecule has 1 amide bonds. The van der Waals surface area contributed by atoms with Crippen LogP contribution in [0.15, 0.2) is 58.4 Å². The number of carbonyl (C=O) groups excluding carboxylic acids is 1. The molecule has 0 aliphatic heterocycles. The van der Waals surface area contributed by atoms with Gasteiger partial charge in [-0.1, -0.05) is 41.9 Å². The largest absolute Gasteiger partial charge is 0.292 e. The van der Waals surface area contributed by atoms with Crippen LogP contribution in [0.4, 0.5) is 0 Å². The number of rotatable bonds is 3. The molecule has 1 aromatic heterocycles. The highest BCUT2D eigenvalue weighted by Crippen LogP contribution is 2.13. The van der Waals surface area contributed by atoms with E-state index in [0.29, 0.717) is 15.8 Å². The van der Waals surface area contributed by atoms with E-state index in [1.807, 2.05) is 0 Å². The van der Waals surface area contributed by atoms with Crippen molar-refractivity contribution >= 4 is 34.5 Å². The maximum absolute atomic E-state index is 12.4. The SMILES string of the molecule is Cn1nc(C(=O)N/N=C\c2cccc(Cl)c2)c2ccccc2c1=O. The lowest BCUT2D eigenvalue weighted by Crippen LogP contribution is -2.27. The molecule has 0 aliphatic carbocycles. The number of nitrogens with one attached hydrogen (secondary N) is 1. The number of aromatic nitrogens is 2. The van der Waals surface area contributed by atoms with Crippen molar-refractivity contribution in [3.8, 4) is 0 Å². The molecule has 24 heavy (non-hydrogen) atoms. The minimum atomic E-state index is -0.500. The van der Waals surface area contributed by atoms with Gasteiger partial charge in [0.25, 0.3) is 11.5 Å². The number of aryl methyl sites for hydroxylation is 1. The van der Waals surface area contributed by atoms with Crippen molar-refractivity contribution in [2.24, 2.45) is 12.1 Å². The summed E-state index contributed by atoms with van der Waals surface area (Å²) in [6.07, 6.45) is 1.48. The number of hydrogen-bond acceptors (Lipinski definition) is 4. The van der Waals surface area contributed by atoms with E-state index in [9.17, 15) is 9.59 Å². The van der Waals surface area contributed by atoms with E-state index in [0.717, 1.165) is 10.2 Å². The highest BCUT2D eigenvalue weighted by Gasteiger charge is 2.14. The molecule has 0 aliphatic rings. The standard InChI is InChI=1S/C17H13ClN4O2/c1-22-17(24)14-8-3-2-7-13(14)15(21-22)16(23)20-19-10-11-5-4-6-12(18)9-11/h2-10H,1H3,(H,20,23)/b19-10-. The minimum Gasteiger partial charge on any atom is -0.267 e. The Labute approximate surface area is 142 Å². The number of halogens is 1. The molecular formula is C17H13ClN4O2. The fourth-order valence-corrected chi connectivity index (χ4v) is 2.47. The van der Waals surface area contributed by atoms with Crippen LogP contribution in [0.2, 0.25) is 5.02 Å². The summed E-state index contributed by atoms with van der Waals surface area (Å²) in [4.78, 5) is 24.4. The third-order valence-electron chi connectivity index (χ3n) is 3.40. The summed E-state index contributed by atoms with van der Waals surface area (Å²) < 4.78 is 1.14. The molecule has 0 saturated carbocycles. The van der Waals surface area contributed by atoms with Gasteiger partial charge in [-0.3, -0.25) is 9.59 Å². The fraction of sp³-hybridized carbons (Fsp3) is 0.0588. The van der Waals surface area contributed by atoms with Crippen molar-refractivity contribution in [3.63, 3.8) is 0 Å². The van der Waals surface area contributed by atoms with Crippen molar-refractivity contribution in [1.29, 1.82) is 0 Å². The van der Waals surface area contributed by atoms with Crippen LogP contribution in [0.5, 0.6) is 0 Å². The van der Waals surface area contributed by atoms with Gasteiger partial charge in [-0.25, -0.2) is 10.1 Å². The van der Waals surface area contributed by atoms with Crippen LogP contribution in [0, 0.1) is 0 Å². The van der Waals surface area contributed by atoms with Gasteiger partial charge in [0.1, 0.15) is 0 Å². The van der Waals surface area contributed by atoms with Gasteiger partial charge in [0, 0.05) is 17.5 Å². The summed E-state index contributed by atoms with van der Waals surface area (Å²) in [7, 11) is 1.50. The summed E-state index contributed by atoms with van der Waals surface area (Å²) >= 11 is 5.89. The molecule has 1 N–H and O–H groups in total. The number of hydrogen-bond donors (Lipinski definition) is 1. The van der Waals surface area contributed by atoms with E-state index in [1.165, 1.54) is 13.3 Å². The average Bonchev–Trinajstić information content (AvgIpc) is 2.58. The van der Waals surface area contributed by atoms with Crippen LogP contribution < -0.4 is 11.0 Å². The van der Waals surface area contributed by atoms with Gasteiger partial charge in [-0.05, 0) is 23.8 Å². The number of benzene rings is 2. The number of fused-ring (bicyclic) bond motifs is 1. The molecule has 3 rings (SSSR count). The lowest BCUT2D eigenvalue weighted by molar-refractivity contribution is 0.0950. The summed E-state index contributed by atoms with van der Waals surface area (Å²) in [6.45, 7) is 0. The average molecular weight is 341 g/mol. The van der Waals surface area contributed by atoms with Crippen molar-refractivity contribution in [1.82, 2.24) is 15.2 Å². The molecule has 0 fully saturated rings. The zero-order valence-corrected chi connectivity index (χ0v) is 13.5. The maximum Gasteiger partial charge on any atom is 0.292 e. The highest BCUT2D eigenvalue weighted by molar-refractivity contribution is 6.30. The first kappa shape index (κ1) is 15.9. The van der Waals surface area contributed by atoms with Gasteiger partial charge in [0.05, 0.1) is 11.6 Å². The van der Waals surface area contributed by atoms with Crippen molar-refractivity contribution in [2.75, 3.05) is 0 Å². The fourth-order valence-electron chi connectivity index (χ4n) is 2.27. The van der Waals surface area contributed by atoms with Crippen LogP contribution >= 0.6 is 11.6 Å². The normalized spacial score (nSPS) is 11.1. The zero-order valence-electron chi connectivity index (χ0n) is 12.7. The van der Waals surface area contributed by atoms with E-state index < -0.39 is 5.91 Å². The first-order valence-electron chi connectivity index (χ1n) is 7.11. The maximum atomic E-state index is 12.4. The van der Waals surface area contributed by atoms with Crippen LogP contribution in [-0.2, 0) is 7.05 Å². The molecule has 6 nitrogen and oxygen atoms in total. The smallest absolute Gasteiger partial charge is 0.267 e. The molecule has 0 bridgehead atoms. The first-order valence-corrected chi connectivity index (χ1v) is 7.49. The molecule has 1 heterocycles. The quantitative estimate of drug-likeness (QED) is 0.587. The molecule has 0 unspecified atom stereocenters. The predicted octanol–water partition coefficient (Wildman–Crippen LogP) is 2.35. The van der Waals surface area contributed by atoms with Crippen LogP contribution in [0.1, 0.15) is 16.1 Å². The molecule has 0 spiro atoms. The molecule has 0 atom stereocenters. The van der Waals surface area contributed by atoms with E-state index in [2.05, 4.69) is 15.6 Å². The van der Waals surface area contributed by atoms with Gasteiger partial charge in [-0.2, -0.15) is 10.2 Å². The van der Waals surface area contributed by atoms with Gasteiger partial charge >= 0.3 is 0 Å². The van der Waals surface area contributed by atoms with E-state index in [1.54, 1.807) is 48.5 Å². The molecule has 2 aromatic carbocycles. The first-order chi connectivity index (χ1) is 11.6. The highest BCUT2D eigenvalue weighted by atomic mass is 35.5. The lowest BCUT2D eigenvalue weighted by Gasteiger charge is -2.06. The van der Waals surface area contributed by atoms with Gasteiger partial charge in [0.15, 0.2) is 5.69 Å². The molecule has 0 radical (unpaired) electrons. The molecular weight excluding hydrogens is 328 g/mol. The Hall–Kier alpha value is -2.99. The molecule has 0 saturated heterocycles. The summed E-state index contributed by atoms with van der Waals surface area (Å²) in [5.74, 6) is -0.500. The van der Waals surface area contributed by atoms with Crippen LogP contribution in [0.25, 0.3) is 10.8 Å². The second kappa shape index (κ2) is 6.64. The third kappa shape index (κ3) is 3.18. The topological polar surface area (TPSA) is 76.3 Å². The number of amides is 1. The van der Waals surface area contributed by atoms with Gasteiger partial charge in [-0.15, -0.1) is 0 Å². The van der Waals surface area contributed by atoms with Crippen molar-refractivity contribution in [3.05, 3.63) is 75.2 Å². The summed E-state index contributed by atoms with van der Waals surface area (Å²) in [6, 6.07) is 13.9. The molecule has 7 heteroatoms. The van der Waals surface area contributed by atoms with E-state index in [-0.39, 0.29) is 11.3 Å². The van der Waals surface area contributed by atoms with Crippen LogP contribution in [-0.4, -0.2) is 21.9 Å². The predicted molar refractivity (Wildman–Crippen MR) is 93.5 cm³/mol. The monoisotopic (exact) mass is 340 g/mol. The Kier molecular flexibility index (Phi) is 4.39. The van der Waals surface area contributed by atoms with Gasteiger partial charge in [0.2, 0.25) is 0 Å². The second-order valence-electron chi connectivity index (χ2n) is 5.08. The lowest BCUT2D eigenvalue weighted by atomic mass is 10.1. The van der Waals surface area contributed by atoms with Gasteiger partial charge < -0.3 is 0 Å². The summed E-state index contributed by atoms with van der Waals surface area (Å²) in [5.41, 5.74) is 3.04. The number of carbonyl (C=O) groups is 1. The Morgan fingerprint density at radius 2 is 1.96 bits per heavy atom. The van der Waals surface area contributed by atoms with E-state index >= 15 is 0 Å². The third-order valence-corrected chi connectivity index (χ3v) is 3.64. The van der Waals surface area contributed by atoms with E-state index in [4.69, 9.17) is 11.6 Å². The number of nitrogens with zero attached hydrogens (tertiary/aromatic N) is 3. The van der Waals surface area contributed by atoms with Crippen LogP contribution in [0.3, 0.4) is 0 Å². The minimum absolute atomic E-state index is 0.135. The Morgan fingerprint density at radius 3 is 2.71 bits per heavy atom. The zero-order chi connectivity index (χ0) is 17.1. The second-order valence-corrected chi connectivity index (χ2v) is 5.51. The number of hydrazone groups is 1. The Bertz CT molecular complexity index is 1010. The summed E-state index contributed by atoms with van der Waals surface area (Å²) in [5, 5.41) is 9.44. The molecule has 3 aromatic rings. The van der Waals surface area contributed by atoms with Crippen molar-refractivity contribution in [2.45, 2.75) is 0 Å². The van der Waals surface area contributed by atoms with Crippen molar-refractivity contribution < 1.29 is 4.79 Å².